The lowest BCUT2D eigenvalue weighted by molar-refractivity contribution is -0.118. The molecule has 2 rings (SSSR count). The van der Waals surface area contributed by atoms with Crippen LogP contribution < -0.4 is 10.6 Å². The number of amides is 2. The van der Waals surface area contributed by atoms with Crippen molar-refractivity contribution < 1.29 is 18.4 Å². The van der Waals surface area contributed by atoms with Crippen LogP contribution in [0, 0.1) is 12.8 Å². The maximum Gasteiger partial charge on any atom is 0.288 e. The van der Waals surface area contributed by atoms with Crippen molar-refractivity contribution in [3.05, 3.63) is 59.7 Å². The molecule has 0 aliphatic carbocycles. The second-order valence-electron chi connectivity index (χ2n) is 6.45. The average molecular weight is 392 g/mol. The predicted octanol–water partition coefficient (Wildman–Crippen LogP) is 4.70. The van der Waals surface area contributed by atoms with E-state index in [0.29, 0.717) is 27.9 Å². The minimum absolute atomic E-state index is 0.131. The molecule has 0 saturated carbocycles. The Morgan fingerprint density at radius 2 is 1.56 bits per heavy atom. The quantitative estimate of drug-likeness (QED) is 0.672. The molecule has 0 saturated heterocycles. The van der Waals surface area contributed by atoms with Gasteiger partial charge in [-0.05, 0) is 49.2 Å². The first kappa shape index (κ1) is 20.9. The normalized spacial score (nSPS) is 12.1. The molecule has 0 aliphatic rings. The lowest BCUT2D eigenvalue weighted by Gasteiger charge is -2.22. The van der Waals surface area contributed by atoms with Crippen molar-refractivity contribution in [2.24, 2.45) is 5.92 Å². The number of hydrogen-bond acceptors (Lipinski definition) is 3. The van der Waals surface area contributed by atoms with Crippen LogP contribution in [0.3, 0.4) is 0 Å². The minimum Gasteiger partial charge on any atom is -0.340 e. The van der Waals surface area contributed by atoms with Gasteiger partial charge in [0.2, 0.25) is 5.91 Å². The van der Waals surface area contributed by atoms with E-state index < -0.39 is 11.8 Å². The maximum atomic E-state index is 12.6. The van der Waals surface area contributed by atoms with Gasteiger partial charge in [0, 0.05) is 16.1 Å². The van der Waals surface area contributed by atoms with Crippen molar-refractivity contribution in [3.63, 3.8) is 0 Å². The van der Waals surface area contributed by atoms with Crippen molar-refractivity contribution in [2.45, 2.75) is 37.5 Å². The van der Waals surface area contributed by atoms with Crippen molar-refractivity contribution >= 4 is 29.3 Å². The molecule has 0 aromatic heterocycles. The fourth-order valence-electron chi connectivity index (χ4n) is 2.40. The van der Waals surface area contributed by atoms with E-state index in [1.807, 2.05) is 32.9 Å². The summed E-state index contributed by atoms with van der Waals surface area (Å²) in [5.41, 5.74) is 2.00. The Kier molecular flexibility index (Phi) is 7.36. The van der Waals surface area contributed by atoms with Crippen LogP contribution in [0.15, 0.2) is 53.4 Å². The third kappa shape index (κ3) is 6.36. The molecule has 1 atom stereocenters. The number of aryl methyl sites for hydroxylation is 1. The van der Waals surface area contributed by atoms with Crippen LogP contribution in [0.25, 0.3) is 0 Å². The van der Waals surface area contributed by atoms with Gasteiger partial charge in [0.15, 0.2) is 0 Å². The van der Waals surface area contributed by atoms with Crippen LogP contribution in [0.5, 0.6) is 0 Å². The Morgan fingerprint density at radius 1 is 0.963 bits per heavy atom. The van der Waals surface area contributed by atoms with Gasteiger partial charge in [-0.25, -0.2) is 0 Å². The largest absolute Gasteiger partial charge is 0.340 e. The van der Waals surface area contributed by atoms with Crippen molar-refractivity contribution in [1.82, 2.24) is 5.32 Å². The Labute approximate surface area is 161 Å². The summed E-state index contributed by atoms with van der Waals surface area (Å²) in [5, 5.41) is 5.47. The highest BCUT2D eigenvalue weighted by atomic mass is 32.2. The monoisotopic (exact) mass is 392 g/mol. The van der Waals surface area contributed by atoms with Gasteiger partial charge in [-0.2, -0.15) is 8.78 Å². The molecule has 2 aromatic carbocycles. The second kappa shape index (κ2) is 9.50. The zero-order valence-electron chi connectivity index (χ0n) is 15.3. The molecule has 0 radical (unpaired) electrons. The van der Waals surface area contributed by atoms with Crippen LogP contribution in [0.4, 0.5) is 14.5 Å². The zero-order valence-corrected chi connectivity index (χ0v) is 16.1. The molecule has 0 spiro atoms. The van der Waals surface area contributed by atoms with E-state index in [1.165, 1.54) is 12.1 Å². The molecule has 0 fully saturated rings. The number of hydrogen-bond donors (Lipinski definition) is 2. The Hall–Kier alpha value is -2.41. The number of halogens is 2. The summed E-state index contributed by atoms with van der Waals surface area (Å²) in [5.74, 6) is -3.31. The number of alkyl halides is 2. The fraction of sp³-hybridized carbons (Fsp3) is 0.300. The third-order valence-corrected chi connectivity index (χ3v) is 4.62. The molecule has 0 heterocycles. The molecule has 2 N–H and O–H groups in total. The number of carbonyl (C=O) groups is 2. The van der Waals surface area contributed by atoms with E-state index in [2.05, 4.69) is 10.6 Å². The number of nitrogens with one attached hydrogen (secondary N) is 2. The third-order valence-electron chi connectivity index (χ3n) is 3.90. The number of thioether (sulfide) groups is 1. The molecule has 0 aliphatic heterocycles. The van der Waals surface area contributed by atoms with Crippen LogP contribution in [0.2, 0.25) is 0 Å². The molecule has 144 valence electrons. The standard InChI is InChI=1S/C20H22F2N2O2S/c1-12(2)17(24-18(25)14-6-4-13(3)5-7-14)19(26)23-15-8-10-16(11-9-15)27-20(21)22/h4-12,17,20H,1-3H3,(H,23,26)(H,24,25)/t17-/m0/s1. The topological polar surface area (TPSA) is 58.2 Å². The van der Waals surface area contributed by atoms with Crippen LogP contribution in [-0.2, 0) is 4.79 Å². The summed E-state index contributed by atoms with van der Waals surface area (Å²) in [6, 6.07) is 12.5. The van der Waals surface area contributed by atoms with Crippen LogP contribution in [-0.4, -0.2) is 23.6 Å². The predicted molar refractivity (Wildman–Crippen MR) is 104 cm³/mol. The van der Waals surface area contributed by atoms with E-state index in [0.717, 1.165) is 5.56 Å². The smallest absolute Gasteiger partial charge is 0.288 e. The van der Waals surface area contributed by atoms with E-state index in [-0.39, 0.29) is 17.7 Å². The summed E-state index contributed by atoms with van der Waals surface area (Å²) in [6.07, 6.45) is 0. The molecule has 2 aromatic rings. The van der Waals surface area contributed by atoms with Crippen LogP contribution >= 0.6 is 11.8 Å². The molecule has 4 nitrogen and oxygen atoms in total. The lowest BCUT2D eigenvalue weighted by Crippen LogP contribution is -2.47. The first-order valence-corrected chi connectivity index (χ1v) is 9.37. The highest BCUT2D eigenvalue weighted by Gasteiger charge is 2.24. The number of rotatable bonds is 7. The molecule has 7 heteroatoms. The zero-order chi connectivity index (χ0) is 20.0. The summed E-state index contributed by atoms with van der Waals surface area (Å²) in [4.78, 5) is 25.4. The second-order valence-corrected chi connectivity index (χ2v) is 7.52. The van der Waals surface area contributed by atoms with Gasteiger partial charge in [0.05, 0.1) is 0 Å². The first-order chi connectivity index (χ1) is 12.8. The van der Waals surface area contributed by atoms with Gasteiger partial charge in [-0.15, -0.1) is 0 Å². The van der Waals surface area contributed by atoms with Crippen LogP contribution in [0.1, 0.15) is 29.8 Å². The number of carbonyl (C=O) groups excluding carboxylic acids is 2. The highest BCUT2D eigenvalue weighted by molar-refractivity contribution is 7.99. The van der Waals surface area contributed by atoms with Crippen molar-refractivity contribution in [3.8, 4) is 0 Å². The van der Waals surface area contributed by atoms with Gasteiger partial charge >= 0.3 is 0 Å². The van der Waals surface area contributed by atoms with Gasteiger partial charge < -0.3 is 10.6 Å². The number of anilines is 1. The molecule has 0 unspecified atom stereocenters. The van der Waals surface area contributed by atoms with Gasteiger partial charge in [-0.3, -0.25) is 9.59 Å². The minimum atomic E-state index is -2.49. The molecule has 0 bridgehead atoms. The average Bonchev–Trinajstić information content (AvgIpc) is 2.61. The fourth-order valence-corrected chi connectivity index (χ4v) is 2.90. The number of benzene rings is 2. The Balaban J connectivity index is 2.03. The summed E-state index contributed by atoms with van der Waals surface area (Å²) >= 11 is 0.441. The highest BCUT2D eigenvalue weighted by Crippen LogP contribution is 2.26. The molecular formula is C20H22F2N2O2S. The van der Waals surface area contributed by atoms with E-state index >= 15 is 0 Å². The van der Waals surface area contributed by atoms with E-state index in [1.54, 1.807) is 24.3 Å². The Bertz CT molecular complexity index is 778. The Morgan fingerprint density at radius 3 is 2.07 bits per heavy atom. The summed E-state index contributed by atoms with van der Waals surface area (Å²) in [6.45, 7) is 5.60. The van der Waals surface area contributed by atoms with E-state index in [4.69, 9.17) is 0 Å². The molecule has 27 heavy (non-hydrogen) atoms. The van der Waals surface area contributed by atoms with Gasteiger partial charge in [0.25, 0.3) is 11.7 Å². The van der Waals surface area contributed by atoms with Crippen molar-refractivity contribution in [1.29, 1.82) is 0 Å². The van der Waals surface area contributed by atoms with Crippen molar-refractivity contribution in [2.75, 3.05) is 5.32 Å². The summed E-state index contributed by atoms with van der Waals surface area (Å²) < 4.78 is 24.7. The summed E-state index contributed by atoms with van der Waals surface area (Å²) in [7, 11) is 0. The van der Waals surface area contributed by atoms with Gasteiger partial charge in [-0.1, -0.05) is 43.3 Å². The molecular weight excluding hydrogens is 370 g/mol. The maximum absolute atomic E-state index is 12.6. The SMILES string of the molecule is Cc1ccc(C(=O)N[C@H](C(=O)Nc2ccc(SC(F)F)cc2)C(C)C)cc1. The first-order valence-electron chi connectivity index (χ1n) is 8.49. The molecule has 2 amide bonds. The van der Waals surface area contributed by atoms with Gasteiger partial charge in [0.1, 0.15) is 6.04 Å². The van der Waals surface area contributed by atoms with E-state index in [9.17, 15) is 18.4 Å². The lowest BCUT2D eigenvalue weighted by atomic mass is 10.0.